The number of benzene rings is 1. The van der Waals surface area contributed by atoms with E-state index in [9.17, 15) is 22.7 Å². The van der Waals surface area contributed by atoms with Crippen LogP contribution >= 0.6 is 0 Å². The average Bonchev–Trinajstić information content (AvgIpc) is 3.76. The smallest absolute Gasteiger partial charge is 0.417 e. The van der Waals surface area contributed by atoms with Crippen LogP contribution in [0.25, 0.3) is 44.1 Å². The van der Waals surface area contributed by atoms with Gasteiger partial charge in [0, 0.05) is 49.2 Å². The molecule has 4 aromatic heterocycles. The summed E-state index contributed by atoms with van der Waals surface area (Å²) in [5.41, 5.74) is -0.117. The second-order valence-electron chi connectivity index (χ2n) is 12.8. The molecule has 3 aliphatic heterocycles. The fraction of sp³-hybridized carbons (Fsp3) is 0.500. The summed E-state index contributed by atoms with van der Waals surface area (Å²) in [5, 5.41) is 16.7. The molecule has 0 radical (unpaired) electrons. The molecule has 0 saturated carbocycles. The number of hydrogen-bond acceptors (Lipinski definition) is 8. The monoisotopic (exact) mass is 639 g/mol. The Bertz CT molecular complexity index is 2000. The van der Waals surface area contributed by atoms with E-state index in [1.54, 1.807) is 22.4 Å². The van der Waals surface area contributed by atoms with Gasteiger partial charge in [0.2, 0.25) is 5.88 Å². The Labute approximate surface area is 260 Å². The molecule has 1 N–H and O–H groups in total. The van der Waals surface area contributed by atoms with Crippen LogP contribution in [0.4, 0.5) is 17.6 Å². The molecule has 3 atom stereocenters. The first kappa shape index (κ1) is 29.4. The predicted octanol–water partition coefficient (Wildman–Crippen LogP) is 6.22. The van der Waals surface area contributed by atoms with Gasteiger partial charge in [-0.3, -0.25) is 9.88 Å². The second-order valence-corrected chi connectivity index (χ2v) is 12.8. The lowest BCUT2D eigenvalue weighted by Crippen LogP contribution is -2.43. The molecule has 0 spiro atoms. The fourth-order valence-corrected chi connectivity index (χ4v) is 7.97. The molecule has 10 nitrogen and oxygen atoms in total. The summed E-state index contributed by atoms with van der Waals surface area (Å²) in [6.45, 7) is 3.33. The average molecular weight is 640 g/mol. The summed E-state index contributed by atoms with van der Waals surface area (Å²) in [5.74, 6) is -0.369. The van der Waals surface area contributed by atoms with Gasteiger partial charge in [-0.1, -0.05) is 0 Å². The standard InChI is InChI=1S/C32H33F4N7O3/c1-17-12-21-20(14-38-43(21)22-6-3-4-11-45-22)23(25(17)32(34,35)36)26-27-19(7-9-37-26)24-28(41(27)2)39-30(40-29(24)44)46-16-31-8-5-10-42(31)15-18(33)13-31/h7,9,12,14,18,22H,3-6,8,10-11,13,15-16H2,1-2H3,(H,39,40,44)/t18-,22?,31+/m1/s1. The topological polar surface area (TPSA) is 103 Å². The minimum absolute atomic E-state index is 0.0335. The molecule has 5 aromatic rings. The van der Waals surface area contributed by atoms with Crippen molar-refractivity contribution >= 4 is 32.8 Å². The van der Waals surface area contributed by atoms with Gasteiger partial charge in [-0.05, 0) is 63.3 Å². The van der Waals surface area contributed by atoms with Crippen LogP contribution < -0.4 is 4.74 Å². The Kier molecular flexibility index (Phi) is 6.70. The highest BCUT2D eigenvalue weighted by Crippen LogP contribution is 2.47. The molecule has 46 heavy (non-hydrogen) atoms. The van der Waals surface area contributed by atoms with E-state index >= 15 is 0 Å². The van der Waals surface area contributed by atoms with Gasteiger partial charge in [-0.25, -0.2) is 9.07 Å². The minimum Gasteiger partial charge on any atom is -0.493 e. The first-order valence-corrected chi connectivity index (χ1v) is 15.6. The number of alkyl halides is 4. The number of rotatable bonds is 5. The van der Waals surface area contributed by atoms with Gasteiger partial charge in [-0.15, -0.1) is 0 Å². The number of fused-ring (bicyclic) bond motifs is 5. The highest BCUT2D eigenvalue weighted by Gasteiger charge is 2.49. The van der Waals surface area contributed by atoms with E-state index in [-0.39, 0.29) is 52.6 Å². The summed E-state index contributed by atoms with van der Waals surface area (Å²) in [6.07, 6.45) is 1.53. The van der Waals surface area contributed by atoms with Crippen LogP contribution in [0.2, 0.25) is 0 Å². The van der Waals surface area contributed by atoms with Crippen LogP contribution in [0, 0.1) is 6.92 Å². The minimum atomic E-state index is -4.69. The van der Waals surface area contributed by atoms with E-state index in [1.807, 2.05) is 0 Å². The zero-order chi connectivity index (χ0) is 32.0. The molecule has 0 bridgehead atoms. The number of hydrogen-bond donors (Lipinski definition) is 1. The zero-order valence-electron chi connectivity index (χ0n) is 25.4. The van der Waals surface area contributed by atoms with E-state index in [1.165, 1.54) is 25.4 Å². The highest BCUT2D eigenvalue weighted by molar-refractivity contribution is 6.14. The Morgan fingerprint density at radius 2 is 2.02 bits per heavy atom. The van der Waals surface area contributed by atoms with Gasteiger partial charge in [0.15, 0.2) is 11.9 Å². The van der Waals surface area contributed by atoms with Crippen LogP contribution in [-0.2, 0) is 18.0 Å². The maximum Gasteiger partial charge on any atom is 0.417 e. The lowest BCUT2D eigenvalue weighted by Gasteiger charge is -2.30. The van der Waals surface area contributed by atoms with Crippen molar-refractivity contribution in [3.8, 4) is 23.1 Å². The predicted molar refractivity (Wildman–Crippen MR) is 161 cm³/mol. The molecule has 242 valence electrons. The third-order valence-electron chi connectivity index (χ3n) is 9.98. The molecule has 3 saturated heterocycles. The van der Waals surface area contributed by atoms with Crippen molar-refractivity contribution in [3.63, 3.8) is 0 Å². The van der Waals surface area contributed by atoms with E-state index in [0.29, 0.717) is 47.8 Å². The Morgan fingerprint density at radius 3 is 2.80 bits per heavy atom. The van der Waals surface area contributed by atoms with E-state index in [0.717, 1.165) is 32.2 Å². The van der Waals surface area contributed by atoms with Gasteiger partial charge in [0.25, 0.3) is 0 Å². The van der Waals surface area contributed by atoms with Gasteiger partial charge in [-0.2, -0.15) is 28.2 Å². The van der Waals surface area contributed by atoms with Crippen molar-refractivity contribution < 1.29 is 32.1 Å². The van der Waals surface area contributed by atoms with Crippen molar-refractivity contribution in [3.05, 3.63) is 35.7 Å². The van der Waals surface area contributed by atoms with Gasteiger partial charge in [0.1, 0.15) is 12.8 Å². The van der Waals surface area contributed by atoms with Gasteiger partial charge < -0.3 is 19.1 Å². The van der Waals surface area contributed by atoms with Crippen molar-refractivity contribution in [2.75, 3.05) is 26.3 Å². The maximum atomic E-state index is 14.8. The molecule has 3 aliphatic rings. The quantitative estimate of drug-likeness (QED) is 0.226. The zero-order valence-corrected chi connectivity index (χ0v) is 25.4. The van der Waals surface area contributed by atoms with Gasteiger partial charge >= 0.3 is 12.2 Å². The Balaban J connectivity index is 1.29. The number of aromatic nitrogens is 6. The van der Waals surface area contributed by atoms with E-state index < -0.39 is 23.5 Å². The summed E-state index contributed by atoms with van der Waals surface area (Å²) in [4.78, 5) is 15.4. The number of aromatic hydroxyl groups is 1. The third-order valence-corrected chi connectivity index (χ3v) is 9.98. The van der Waals surface area contributed by atoms with Crippen molar-refractivity contribution in [2.45, 2.75) is 69.6 Å². The molecule has 8 rings (SSSR count). The third kappa shape index (κ3) is 4.43. The van der Waals surface area contributed by atoms with Crippen LogP contribution in [0.15, 0.2) is 24.5 Å². The second kappa shape index (κ2) is 10.5. The molecule has 3 fully saturated rings. The molecule has 1 aromatic carbocycles. The molecule has 1 unspecified atom stereocenters. The number of aryl methyl sites for hydroxylation is 2. The maximum absolute atomic E-state index is 14.8. The molecular weight excluding hydrogens is 606 g/mol. The van der Waals surface area contributed by atoms with E-state index in [2.05, 4.69) is 25.0 Å². The largest absolute Gasteiger partial charge is 0.493 e. The lowest BCUT2D eigenvalue weighted by atomic mass is 9.94. The summed E-state index contributed by atoms with van der Waals surface area (Å²) < 4.78 is 74.0. The van der Waals surface area contributed by atoms with Crippen LogP contribution in [0.1, 0.15) is 55.9 Å². The first-order chi connectivity index (χ1) is 22.1. The normalized spacial score (nSPS) is 24.0. The van der Waals surface area contributed by atoms with Crippen LogP contribution in [0.3, 0.4) is 0 Å². The lowest BCUT2D eigenvalue weighted by molar-refractivity contribution is -0.137. The molecular formula is C32H33F4N7O3. The summed E-state index contributed by atoms with van der Waals surface area (Å²) >= 11 is 0. The number of halogens is 4. The van der Waals surface area contributed by atoms with Gasteiger partial charge in [0.05, 0.1) is 39.4 Å². The fourth-order valence-electron chi connectivity index (χ4n) is 7.97. The van der Waals surface area contributed by atoms with Crippen LogP contribution in [0.5, 0.6) is 11.9 Å². The molecule has 0 amide bonds. The van der Waals surface area contributed by atoms with Crippen molar-refractivity contribution in [1.82, 2.24) is 34.2 Å². The Hall–Kier alpha value is -4.04. The summed E-state index contributed by atoms with van der Waals surface area (Å²) in [7, 11) is 1.66. The number of pyridine rings is 1. The van der Waals surface area contributed by atoms with Crippen molar-refractivity contribution in [1.29, 1.82) is 0 Å². The number of ether oxygens (including phenoxy) is 2. The summed E-state index contributed by atoms with van der Waals surface area (Å²) in [6, 6.07) is 3.05. The molecule has 0 aliphatic carbocycles. The Morgan fingerprint density at radius 1 is 1.17 bits per heavy atom. The first-order valence-electron chi connectivity index (χ1n) is 15.6. The highest BCUT2D eigenvalue weighted by atomic mass is 19.4. The van der Waals surface area contributed by atoms with Crippen LogP contribution in [-0.4, -0.2) is 77.3 Å². The molecule has 7 heterocycles. The number of nitrogens with zero attached hydrogens (tertiary/aromatic N) is 7. The SMILES string of the molecule is Cc1cc2c(cnn2C2CCCCO2)c(-c2nccc3c4c(O)nc(OC[C@@]56CCCN5C[C@H](F)C6)nc4n(C)c23)c1C(F)(F)F. The van der Waals surface area contributed by atoms with E-state index in [4.69, 9.17) is 9.47 Å². The molecule has 14 heteroatoms. The van der Waals surface area contributed by atoms with Crippen molar-refractivity contribution in [2.24, 2.45) is 7.05 Å².